The molecule has 2 saturated heterocycles. The van der Waals surface area contributed by atoms with Crippen molar-refractivity contribution in [2.75, 3.05) is 86.1 Å². The van der Waals surface area contributed by atoms with Crippen LogP contribution >= 0.6 is 11.6 Å². The summed E-state index contributed by atoms with van der Waals surface area (Å²) in [4.78, 5) is 25.4. The number of benzene rings is 2. The predicted molar refractivity (Wildman–Crippen MR) is 193 cm³/mol. The maximum absolute atomic E-state index is 12.9. The molecule has 48 heavy (non-hydrogen) atoms. The van der Waals surface area contributed by atoms with Gasteiger partial charge in [0.05, 0.1) is 36.0 Å². The zero-order valence-electron chi connectivity index (χ0n) is 28.1. The summed E-state index contributed by atoms with van der Waals surface area (Å²) in [5.41, 5.74) is 4.76. The summed E-state index contributed by atoms with van der Waals surface area (Å²) in [5, 5.41) is 6.77. The van der Waals surface area contributed by atoms with Crippen LogP contribution in [-0.2, 0) is 10.0 Å². The second kappa shape index (κ2) is 14.2. The number of nitrogens with one attached hydrogen (secondary N) is 2. The first-order valence-corrected chi connectivity index (χ1v) is 18.2. The molecular weight excluding hydrogens is 652 g/mol. The highest BCUT2D eigenvalue weighted by atomic mass is 35.5. The Hall–Kier alpha value is -3.98. The van der Waals surface area contributed by atoms with Gasteiger partial charge in [-0.1, -0.05) is 11.6 Å². The van der Waals surface area contributed by atoms with Crippen LogP contribution in [0.2, 0.25) is 5.02 Å². The van der Waals surface area contributed by atoms with E-state index in [1.165, 1.54) is 23.7 Å². The van der Waals surface area contributed by atoms with Crippen molar-refractivity contribution >= 4 is 67.2 Å². The number of aryl methyl sites for hydroxylation is 1. The third kappa shape index (κ3) is 7.07. The third-order valence-electron chi connectivity index (χ3n) is 9.33. The molecule has 0 amide bonds. The molecule has 0 unspecified atom stereocenters. The summed E-state index contributed by atoms with van der Waals surface area (Å²) in [6, 6.07) is 8.27. The van der Waals surface area contributed by atoms with Gasteiger partial charge in [0.2, 0.25) is 16.0 Å². The molecule has 2 aromatic heterocycles. The Morgan fingerprint density at radius 2 is 1.73 bits per heavy atom. The second-order valence-corrected chi connectivity index (χ2v) is 15.0. The van der Waals surface area contributed by atoms with Gasteiger partial charge in [0.1, 0.15) is 22.0 Å². The van der Waals surface area contributed by atoms with E-state index in [9.17, 15) is 8.42 Å². The maximum Gasteiger partial charge on any atom is 0.234 e. The van der Waals surface area contributed by atoms with Gasteiger partial charge in [-0.05, 0) is 57.5 Å². The smallest absolute Gasteiger partial charge is 0.234 e. The average Bonchev–Trinajstić information content (AvgIpc) is 3.10. The van der Waals surface area contributed by atoms with Gasteiger partial charge >= 0.3 is 0 Å². The Morgan fingerprint density at radius 1 is 1.00 bits per heavy atom. The number of piperazine rings is 1. The number of rotatable bonds is 10. The highest BCUT2D eigenvalue weighted by molar-refractivity contribution is 7.92. The van der Waals surface area contributed by atoms with E-state index in [0.717, 1.165) is 69.0 Å². The maximum atomic E-state index is 12.9. The van der Waals surface area contributed by atoms with Gasteiger partial charge in [0.15, 0.2) is 5.82 Å². The number of ether oxygens (including phenoxy) is 1. The molecule has 0 atom stereocenters. The minimum absolute atomic E-state index is 0.0865. The first-order valence-electron chi connectivity index (χ1n) is 16.2. The molecule has 2 aliphatic rings. The number of sulfonamides is 1. The van der Waals surface area contributed by atoms with Gasteiger partial charge in [0, 0.05) is 76.5 Å². The van der Waals surface area contributed by atoms with E-state index in [-0.39, 0.29) is 22.5 Å². The zero-order valence-corrected chi connectivity index (χ0v) is 29.6. The number of anilines is 6. The molecule has 0 aliphatic carbocycles. The molecule has 4 aromatic rings. The molecule has 2 fully saturated rings. The van der Waals surface area contributed by atoms with Gasteiger partial charge in [-0.15, -0.1) is 0 Å². The van der Waals surface area contributed by atoms with Crippen molar-refractivity contribution < 1.29 is 13.2 Å². The van der Waals surface area contributed by atoms with Crippen LogP contribution in [0, 0.1) is 6.92 Å². The van der Waals surface area contributed by atoms with Crippen molar-refractivity contribution in [1.82, 2.24) is 29.7 Å². The molecule has 13 nitrogen and oxygen atoms in total. The molecule has 0 spiro atoms. The minimum Gasteiger partial charge on any atom is -0.494 e. The Bertz CT molecular complexity index is 1880. The number of methoxy groups -OCH3 is 1. The summed E-state index contributed by atoms with van der Waals surface area (Å²) in [5.74, 6) is 1.16. The highest BCUT2D eigenvalue weighted by Crippen LogP contribution is 2.39. The number of piperidine rings is 1. The van der Waals surface area contributed by atoms with E-state index in [4.69, 9.17) is 16.3 Å². The van der Waals surface area contributed by atoms with Crippen molar-refractivity contribution in [3.05, 3.63) is 53.4 Å². The van der Waals surface area contributed by atoms with Gasteiger partial charge in [-0.25, -0.2) is 13.4 Å². The predicted octanol–water partition coefficient (Wildman–Crippen LogP) is 4.88. The van der Waals surface area contributed by atoms with E-state index < -0.39 is 10.0 Å². The number of aromatic nitrogens is 4. The van der Waals surface area contributed by atoms with E-state index in [2.05, 4.69) is 71.4 Å². The van der Waals surface area contributed by atoms with Crippen LogP contribution in [0.25, 0.3) is 11.0 Å². The SMILES string of the molecule is CCS(=O)(=O)N(C)c1c(Nc2nc(Nc3cc(C)c(N4CCC(N5CCN(C)CC5)CC4)cc3OC)ncc2Cl)ccc2nccnc12. The van der Waals surface area contributed by atoms with Gasteiger partial charge in [-0.2, -0.15) is 4.98 Å². The molecule has 4 heterocycles. The molecule has 256 valence electrons. The van der Waals surface area contributed by atoms with Crippen LogP contribution in [0.5, 0.6) is 5.75 Å². The first-order chi connectivity index (χ1) is 23.1. The third-order valence-corrected chi connectivity index (χ3v) is 11.4. The number of hydrogen-bond donors (Lipinski definition) is 2. The molecule has 0 radical (unpaired) electrons. The van der Waals surface area contributed by atoms with Crippen LogP contribution in [-0.4, -0.2) is 110 Å². The highest BCUT2D eigenvalue weighted by Gasteiger charge is 2.28. The summed E-state index contributed by atoms with van der Waals surface area (Å²) in [7, 11) is 1.72. The Kier molecular flexibility index (Phi) is 10.1. The monoisotopic (exact) mass is 694 g/mol. The van der Waals surface area contributed by atoms with Gasteiger partial charge in [0.25, 0.3) is 0 Å². The van der Waals surface area contributed by atoms with Crippen LogP contribution in [0.1, 0.15) is 25.3 Å². The van der Waals surface area contributed by atoms with Gasteiger partial charge < -0.3 is 25.2 Å². The lowest BCUT2D eigenvalue weighted by Gasteiger charge is -2.43. The molecule has 2 aliphatic heterocycles. The van der Waals surface area contributed by atoms with Crippen molar-refractivity contribution in [2.24, 2.45) is 0 Å². The number of likely N-dealkylation sites (N-methyl/N-ethyl adjacent to an activating group) is 1. The van der Waals surface area contributed by atoms with Gasteiger partial charge in [-0.3, -0.25) is 19.2 Å². The fourth-order valence-electron chi connectivity index (χ4n) is 6.48. The quantitative estimate of drug-likeness (QED) is 0.235. The summed E-state index contributed by atoms with van der Waals surface area (Å²) in [6.07, 6.45) is 6.87. The van der Waals surface area contributed by atoms with Crippen LogP contribution in [0.3, 0.4) is 0 Å². The normalized spacial score (nSPS) is 16.7. The molecule has 6 rings (SSSR count). The average molecular weight is 695 g/mol. The zero-order chi connectivity index (χ0) is 34.0. The standard InChI is InChI=1S/C33H43ClN10O3S/c1-6-48(45,46)42(4)31-26(8-7-25-30(31)36-12-11-35-25)38-32-24(34)21-37-33(40-32)39-27-19-22(2)28(20-29(27)47-5)44-13-9-23(10-14-44)43-17-15-41(3)16-18-43/h7-8,11-12,19-21,23H,6,9-10,13-18H2,1-5H3,(H2,37,38,39,40). The van der Waals surface area contributed by atoms with Crippen molar-refractivity contribution in [3.8, 4) is 5.75 Å². The molecule has 0 bridgehead atoms. The fourth-order valence-corrected chi connectivity index (χ4v) is 7.47. The Balaban J connectivity index is 1.22. The lowest BCUT2D eigenvalue weighted by Crippen LogP contribution is -2.52. The number of hydrogen-bond acceptors (Lipinski definition) is 12. The summed E-state index contributed by atoms with van der Waals surface area (Å²) < 4.78 is 32.9. The number of halogens is 1. The first kappa shape index (κ1) is 33.9. The second-order valence-electron chi connectivity index (χ2n) is 12.3. The Labute approximate surface area is 287 Å². The number of fused-ring (bicyclic) bond motifs is 1. The van der Waals surface area contributed by atoms with E-state index in [1.54, 1.807) is 32.4 Å². The largest absolute Gasteiger partial charge is 0.494 e. The summed E-state index contributed by atoms with van der Waals surface area (Å²) in [6.45, 7) is 10.3. The lowest BCUT2D eigenvalue weighted by molar-refractivity contribution is 0.0982. The topological polar surface area (TPSA) is 132 Å². The minimum atomic E-state index is -3.62. The lowest BCUT2D eigenvalue weighted by atomic mass is 10.0. The van der Waals surface area contributed by atoms with Crippen LogP contribution < -0.4 is 24.6 Å². The number of nitrogens with zero attached hydrogens (tertiary/aromatic N) is 8. The molecular formula is C33H43ClN10O3S. The van der Waals surface area contributed by atoms with Crippen molar-refractivity contribution in [1.29, 1.82) is 0 Å². The molecule has 2 N–H and O–H groups in total. The summed E-state index contributed by atoms with van der Waals surface area (Å²) >= 11 is 6.56. The van der Waals surface area contributed by atoms with E-state index >= 15 is 0 Å². The fraction of sp³-hybridized carbons (Fsp3) is 0.455. The molecule has 0 saturated carbocycles. The van der Waals surface area contributed by atoms with Crippen molar-refractivity contribution in [3.63, 3.8) is 0 Å². The van der Waals surface area contributed by atoms with E-state index in [0.29, 0.717) is 34.2 Å². The van der Waals surface area contributed by atoms with Crippen LogP contribution in [0.15, 0.2) is 42.9 Å². The van der Waals surface area contributed by atoms with Crippen molar-refractivity contribution in [2.45, 2.75) is 32.7 Å². The Morgan fingerprint density at radius 3 is 2.44 bits per heavy atom. The molecule has 15 heteroatoms. The van der Waals surface area contributed by atoms with Crippen LogP contribution in [0.4, 0.5) is 34.5 Å². The molecule has 2 aromatic carbocycles. The van der Waals surface area contributed by atoms with E-state index in [1.807, 2.05) is 0 Å².